The summed E-state index contributed by atoms with van der Waals surface area (Å²) in [5, 5.41) is 5.65. The molecule has 1 aromatic heterocycles. The number of nitrogens with one attached hydrogen (secondary N) is 2. The molecule has 2 aromatic rings. The Balaban J connectivity index is 2.11. The third kappa shape index (κ3) is 4.95. The molecule has 2 N–H and O–H groups in total. The van der Waals surface area contributed by atoms with E-state index in [1.165, 1.54) is 0 Å². The molecule has 5 nitrogen and oxygen atoms in total. The van der Waals surface area contributed by atoms with Crippen LogP contribution in [-0.4, -0.2) is 17.6 Å². The molecule has 2 rings (SSSR count). The molecule has 0 saturated carbocycles. The lowest BCUT2D eigenvalue weighted by Crippen LogP contribution is -2.21. The summed E-state index contributed by atoms with van der Waals surface area (Å²) < 4.78 is 5.86. The van der Waals surface area contributed by atoms with Crippen LogP contribution in [0.1, 0.15) is 42.1 Å². The summed E-state index contributed by atoms with van der Waals surface area (Å²) in [6.07, 6.45) is 2.10. The van der Waals surface area contributed by atoms with Gasteiger partial charge in [0.15, 0.2) is 0 Å². The van der Waals surface area contributed by atoms with Crippen molar-refractivity contribution in [2.45, 2.75) is 47.5 Å². The lowest BCUT2D eigenvalue weighted by molar-refractivity contribution is 0.262. The zero-order valence-corrected chi connectivity index (χ0v) is 15.7. The summed E-state index contributed by atoms with van der Waals surface area (Å²) in [5.41, 5.74) is 4.59. The molecular formula is C20H27N3O2. The second kappa shape index (κ2) is 8.51. The van der Waals surface area contributed by atoms with E-state index in [0.717, 1.165) is 46.7 Å². The molecule has 0 fully saturated rings. The summed E-state index contributed by atoms with van der Waals surface area (Å²) in [7, 11) is 0. The van der Waals surface area contributed by atoms with Crippen LogP contribution in [0.15, 0.2) is 24.3 Å². The molecule has 2 amide bonds. The van der Waals surface area contributed by atoms with Gasteiger partial charge in [-0.15, -0.1) is 0 Å². The van der Waals surface area contributed by atoms with Gasteiger partial charge in [0.05, 0.1) is 12.3 Å². The Morgan fingerprint density at radius 3 is 2.36 bits per heavy atom. The summed E-state index contributed by atoms with van der Waals surface area (Å²) in [6, 6.07) is 7.34. The number of unbranched alkanes of at least 4 members (excludes halogenated alkanes) is 1. The van der Waals surface area contributed by atoms with Crippen LogP contribution in [0.5, 0.6) is 5.75 Å². The van der Waals surface area contributed by atoms with Crippen molar-refractivity contribution in [3.05, 3.63) is 46.6 Å². The minimum absolute atomic E-state index is 0.307. The van der Waals surface area contributed by atoms with Crippen molar-refractivity contribution in [2.75, 3.05) is 17.2 Å². The molecule has 0 aliphatic rings. The summed E-state index contributed by atoms with van der Waals surface area (Å²) in [6.45, 7) is 10.7. The van der Waals surface area contributed by atoms with Gasteiger partial charge in [-0.2, -0.15) is 0 Å². The SMILES string of the molecule is CCCCOc1c(C)nc(NC(=O)Nc2ccc(C)cc2)c(C)c1C. The highest BCUT2D eigenvalue weighted by Crippen LogP contribution is 2.29. The average molecular weight is 341 g/mol. The number of carbonyl (C=O) groups is 1. The Bertz CT molecular complexity index is 740. The Morgan fingerprint density at radius 1 is 1.04 bits per heavy atom. The standard InChI is InChI=1S/C20H27N3O2/c1-6-7-12-25-18-14(3)15(4)19(21-16(18)5)23-20(24)22-17-10-8-13(2)9-11-17/h8-11H,6-7,12H2,1-5H3,(H2,21,22,23,24). The summed E-state index contributed by atoms with van der Waals surface area (Å²) >= 11 is 0. The number of carbonyl (C=O) groups excluding carboxylic acids is 1. The molecule has 134 valence electrons. The number of anilines is 2. The van der Waals surface area contributed by atoms with Crippen LogP contribution in [0.4, 0.5) is 16.3 Å². The third-order valence-corrected chi connectivity index (χ3v) is 4.15. The number of aryl methyl sites for hydroxylation is 2. The van der Waals surface area contributed by atoms with Gasteiger partial charge in [0, 0.05) is 5.69 Å². The highest BCUT2D eigenvalue weighted by Gasteiger charge is 2.15. The van der Waals surface area contributed by atoms with E-state index in [1.54, 1.807) is 0 Å². The van der Waals surface area contributed by atoms with Crippen LogP contribution in [0, 0.1) is 27.7 Å². The van der Waals surface area contributed by atoms with Crippen molar-refractivity contribution in [3.8, 4) is 5.75 Å². The number of aromatic nitrogens is 1. The number of urea groups is 1. The maximum atomic E-state index is 12.2. The molecule has 1 heterocycles. The van der Waals surface area contributed by atoms with E-state index in [4.69, 9.17) is 4.74 Å². The van der Waals surface area contributed by atoms with Crippen molar-refractivity contribution in [2.24, 2.45) is 0 Å². The minimum atomic E-state index is -0.307. The Kier molecular flexibility index (Phi) is 6.39. The number of pyridine rings is 1. The van der Waals surface area contributed by atoms with Gasteiger partial charge in [0.25, 0.3) is 0 Å². The molecule has 0 radical (unpaired) electrons. The molecule has 0 aliphatic carbocycles. The molecule has 5 heteroatoms. The Morgan fingerprint density at radius 2 is 1.72 bits per heavy atom. The smallest absolute Gasteiger partial charge is 0.324 e. The van der Waals surface area contributed by atoms with Crippen molar-refractivity contribution < 1.29 is 9.53 Å². The topological polar surface area (TPSA) is 63.2 Å². The van der Waals surface area contributed by atoms with Gasteiger partial charge in [0.1, 0.15) is 11.6 Å². The average Bonchev–Trinajstić information content (AvgIpc) is 2.57. The predicted molar refractivity (Wildman–Crippen MR) is 103 cm³/mol. The van der Waals surface area contributed by atoms with Crippen molar-refractivity contribution >= 4 is 17.5 Å². The monoisotopic (exact) mass is 341 g/mol. The van der Waals surface area contributed by atoms with Gasteiger partial charge in [-0.1, -0.05) is 31.0 Å². The third-order valence-electron chi connectivity index (χ3n) is 4.15. The van der Waals surface area contributed by atoms with Gasteiger partial charge in [0.2, 0.25) is 0 Å². The van der Waals surface area contributed by atoms with Crippen LogP contribution in [-0.2, 0) is 0 Å². The molecule has 25 heavy (non-hydrogen) atoms. The fraction of sp³-hybridized carbons (Fsp3) is 0.400. The maximum Gasteiger partial charge on any atom is 0.324 e. The number of benzene rings is 1. The van der Waals surface area contributed by atoms with Crippen LogP contribution in [0.2, 0.25) is 0 Å². The highest BCUT2D eigenvalue weighted by molar-refractivity contribution is 5.99. The molecule has 0 bridgehead atoms. The van der Waals surface area contributed by atoms with Crippen LogP contribution >= 0.6 is 0 Å². The van der Waals surface area contributed by atoms with E-state index in [1.807, 2.05) is 52.0 Å². The van der Waals surface area contributed by atoms with E-state index in [9.17, 15) is 4.79 Å². The van der Waals surface area contributed by atoms with Gasteiger partial charge in [-0.05, 0) is 57.4 Å². The van der Waals surface area contributed by atoms with Crippen LogP contribution in [0.25, 0.3) is 0 Å². The Hall–Kier alpha value is -2.56. The van der Waals surface area contributed by atoms with E-state index in [-0.39, 0.29) is 6.03 Å². The normalized spacial score (nSPS) is 10.4. The van der Waals surface area contributed by atoms with E-state index >= 15 is 0 Å². The first-order chi connectivity index (χ1) is 11.9. The molecule has 1 aromatic carbocycles. The van der Waals surface area contributed by atoms with E-state index < -0.39 is 0 Å². The fourth-order valence-corrected chi connectivity index (χ4v) is 2.48. The molecule has 0 saturated heterocycles. The number of hydrogen-bond acceptors (Lipinski definition) is 3. The summed E-state index contributed by atoms with van der Waals surface area (Å²) in [5.74, 6) is 1.37. The quantitative estimate of drug-likeness (QED) is 0.715. The zero-order valence-electron chi connectivity index (χ0n) is 15.7. The van der Waals surface area contributed by atoms with E-state index in [0.29, 0.717) is 12.4 Å². The number of amides is 2. The van der Waals surface area contributed by atoms with Gasteiger partial charge >= 0.3 is 6.03 Å². The zero-order chi connectivity index (χ0) is 18.4. The number of nitrogens with zero attached hydrogens (tertiary/aromatic N) is 1. The first kappa shape index (κ1) is 18.8. The van der Waals surface area contributed by atoms with E-state index in [2.05, 4.69) is 22.5 Å². The molecule has 0 aliphatic heterocycles. The lowest BCUT2D eigenvalue weighted by Gasteiger charge is -2.17. The highest BCUT2D eigenvalue weighted by atomic mass is 16.5. The lowest BCUT2D eigenvalue weighted by atomic mass is 10.1. The second-order valence-corrected chi connectivity index (χ2v) is 6.27. The second-order valence-electron chi connectivity index (χ2n) is 6.27. The maximum absolute atomic E-state index is 12.2. The fourth-order valence-electron chi connectivity index (χ4n) is 2.48. The number of rotatable bonds is 6. The first-order valence-electron chi connectivity index (χ1n) is 8.67. The minimum Gasteiger partial charge on any atom is -0.491 e. The Labute approximate surface area is 149 Å². The number of hydrogen-bond donors (Lipinski definition) is 2. The van der Waals surface area contributed by atoms with Gasteiger partial charge < -0.3 is 10.1 Å². The first-order valence-corrected chi connectivity index (χ1v) is 8.67. The molecular weight excluding hydrogens is 314 g/mol. The van der Waals surface area contributed by atoms with Crippen LogP contribution in [0.3, 0.4) is 0 Å². The summed E-state index contributed by atoms with van der Waals surface area (Å²) in [4.78, 5) is 16.8. The molecule has 0 spiro atoms. The number of ether oxygens (including phenoxy) is 1. The predicted octanol–water partition coefficient (Wildman–Crippen LogP) is 5.14. The largest absolute Gasteiger partial charge is 0.491 e. The molecule has 0 unspecified atom stereocenters. The van der Waals surface area contributed by atoms with Crippen molar-refractivity contribution in [3.63, 3.8) is 0 Å². The van der Waals surface area contributed by atoms with Crippen molar-refractivity contribution in [1.82, 2.24) is 4.98 Å². The van der Waals surface area contributed by atoms with Gasteiger partial charge in [-0.25, -0.2) is 9.78 Å². The van der Waals surface area contributed by atoms with Crippen LogP contribution < -0.4 is 15.4 Å². The van der Waals surface area contributed by atoms with Crippen molar-refractivity contribution in [1.29, 1.82) is 0 Å². The van der Waals surface area contributed by atoms with Gasteiger partial charge in [-0.3, -0.25) is 5.32 Å². The molecule has 0 atom stereocenters.